The van der Waals surface area contributed by atoms with Crippen LogP contribution in [0.2, 0.25) is 5.02 Å². The van der Waals surface area contributed by atoms with Crippen LogP contribution >= 0.6 is 11.6 Å². The standard InChI is InChI=1S/C21H23ClFNO2/c22-20-5-2-6-21(23)19(20)13-26-18-4-1-3-14(7-18)10-24-11-15-8-17(25)9-16(15)12-24/h1-7,15-17,25H,8-13H2/t15-,16+,17?. The van der Waals surface area contributed by atoms with Gasteiger partial charge in [0.25, 0.3) is 0 Å². The molecule has 1 aliphatic heterocycles. The zero-order chi connectivity index (χ0) is 18.1. The van der Waals surface area contributed by atoms with E-state index in [4.69, 9.17) is 16.3 Å². The molecule has 3 nitrogen and oxygen atoms in total. The van der Waals surface area contributed by atoms with Crippen molar-refractivity contribution in [2.24, 2.45) is 11.8 Å². The van der Waals surface area contributed by atoms with Crippen molar-refractivity contribution in [3.8, 4) is 5.75 Å². The second kappa shape index (κ2) is 7.55. The lowest BCUT2D eigenvalue weighted by Crippen LogP contribution is -2.22. The number of aliphatic hydroxyl groups is 1. The van der Waals surface area contributed by atoms with E-state index < -0.39 is 0 Å². The second-order valence-corrected chi connectivity index (χ2v) is 7.88. The van der Waals surface area contributed by atoms with Crippen molar-refractivity contribution in [1.29, 1.82) is 0 Å². The van der Waals surface area contributed by atoms with Crippen molar-refractivity contribution in [1.82, 2.24) is 4.90 Å². The number of hydrogen-bond donors (Lipinski definition) is 1. The molecule has 26 heavy (non-hydrogen) atoms. The first-order valence-electron chi connectivity index (χ1n) is 9.13. The molecule has 1 aliphatic carbocycles. The van der Waals surface area contributed by atoms with Gasteiger partial charge in [-0.1, -0.05) is 29.8 Å². The lowest BCUT2D eigenvalue weighted by atomic mass is 10.0. The number of aliphatic hydroxyl groups excluding tert-OH is 1. The normalized spacial score (nSPS) is 25.4. The van der Waals surface area contributed by atoms with Gasteiger partial charge >= 0.3 is 0 Å². The number of nitrogens with zero attached hydrogens (tertiary/aromatic N) is 1. The smallest absolute Gasteiger partial charge is 0.131 e. The lowest BCUT2D eigenvalue weighted by molar-refractivity contribution is 0.161. The molecule has 1 heterocycles. The second-order valence-electron chi connectivity index (χ2n) is 7.48. The average Bonchev–Trinajstić information content (AvgIpc) is 3.11. The Balaban J connectivity index is 1.37. The number of likely N-dealkylation sites (tertiary alicyclic amines) is 1. The van der Waals surface area contributed by atoms with Crippen LogP contribution in [0.15, 0.2) is 42.5 Å². The van der Waals surface area contributed by atoms with E-state index in [2.05, 4.69) is 11.0 Å². The van der Waals surface area contributed by atoms with Gasteiger partial charge in [-0.2, -0.15) is 0 Å². The average molecular weight is 376 g/mol. The van der Waals surface area contributed by atoms with Crippen LogP contribution in [-0.2, 0) is 13.2 Å². The third-order valence-electron chi connectivity index (χ3n) is 5.55. The van der Waals surface area contributed by atoms with E-state index in [-0.39, 0.29) is 18.5 Å². The fourth-order valence-corrected chi connectivity index (χ4v) is 4.53. The Morgan fingerprint density at radius 3 is 2.58 bits per heavy atom. The van der Waals surface area contributed by atoms with E-state index in [0.717, 1.165) is 38.2 Å². The first-order valence-corrected chi connectivity index (χ1v) is 9.51. The third kappa shape index (κ3) is 3.88. The molecule has 0 spiro atoms. The van der Waals surface area contributed by atoms with Gasteiger partial charge in [0.2, 0.25) is 0 Å². The number of ether oxygens (including phenoxy) is 1. The van der Waals surface area contributed by atoms with Gasteiger partial charge in [-0.05, 0) is 54.5 Å². The zero-order valence-corrected chi connectivity index (χ0v) is 15.3. The SMILES string of the molecule is OC1C[C@@H]2CN(Cc3cccc(OCc4c(F)cccc4Cl)c3)C[C@@H]2C1. The van der Waals surface area contributed by atoms with E-state index >= 15 is 0 Å². The molecule has 138 valence electrons. The molecule has 2 fully saturated rings. The Morgan fingerprint density at radius 1 is 1.12 bits per heavy atom. The van der Waals surface area contributed by atoms with Crippen LogP contribution in [0.4, 0.5) is 4.39 Å². The zero-order valence-electron chi connectivity index (χ0n) is 14.6. The molecule has 1 unspecified atom stereocenters. The highest BCUT2D eigenvalue weighted by molar-refractivity contribution is 6.31. The van der Waals surface area contributed by atoms with Crippen molar-refractivity contribution in [3.63, 3.8) is 0 Å². The van der Waals surface area contributed by atoms with Crippen molar-refractivity contribution in [2.75, 3.05) is 13.1 Å². The van der Waals surface area contributed by atoms with Crippen molar-refractivity contribution >= 4 is 11.6 Å². The number of fused-ring (bicyclic) bond motifs is 1. The molecule has 1 N–H and O–H groups in total. The van der Waals surface area contributed by atoms with Gasteiger partial charge in [-0.3, -0.25) is 4.90 Å². The molecule has 0 amide bonds. The highest BCUT2D eigenvalue weighted by Gasteiger charge is 2.39. The van der Waals surface area contributed by atoms with Crippen LogP contribution in [0, 0.1) is 17.7 Å². The first-order chi connectivity index (χ1) is 12.6. The van der Waals surface area contributed by atoms with Crippen LogP contribution in [0.5, 0.6) is 5.75 Å². The molecule has 2 aromatic carbocycles. The van der Waals surface area contributed by atoms with Gasteiger partial charge < -0.3 is 9.84 Å². The molecule has 0 bridgehead atoms. The predicted octanol–water partition coefficient (Wildman–Crippen LogP) is 4.26. The van der Waals surface area contributed by atoms with Gasteiger partial charge in [0, 0.05) is 25.2 Å². The summed E-state index contributed by atoms with van der Waals surface area (Å²) in [6.45, 7) is 3.09. The maximum absolute atomic E-state index is 13.9. The minimum atomic E-state index is -0.348. The lowest BCUT2D eigenvalue weighted by Gasteiger charge is -2.18. The summed E-state index contributed by atoms with van der Waals surface area (Å²) in [7, 11) is 0. The van der Waals surface area contributed by atoms with E-state index in [0.29, 0.717) is 22.4 Å². The molecule has 0 radical (unpaired) electrons. The van der Waals surface area contributed by atoms with Gasteiger partial charge in [-0.25, -0.2) is 4.39 Å². The van der Waals surface area contributed by atoms with Crippen LogP contribution in [0.1, 0.15) is 24.0 Å². The summed E-state index contributed by atoms with van der Waals surface area (Å²) >= 11 is 6.05. The molecular formula is C21H23ClFNO2. The van der Waals surface area contributed by atoms with Crippen LogP contribution in [-0.4, -0.2) is 29.2 Å². The molecule has 5 heteroatoms. The maximum atomic E-state index is 13.9. The monoisotopic (exact) mass is 375 g/mol. The third-order valence-corrected chi connectivity index (χ3v) is 5.91. The maximum Gasteiger partial charge on any atom is 0.131 e. The van der Waals surface area contributed by atoms with E-state index in [1.807, 2.05) is 18.2 Å². The number of rotatable bonds is 5. The minimum Gasteiger partial charge on any atom is -0.489 e. The fraction of sp³-hybridized carbons (Fsp3) is 0.429. The predicted molar refractivity (Wildman–Crippen MR) is 99.7 cm³/mol. The van der Waals surface area contributed by atoms with Crippen LogP contribution in [0.3, 0.4) is 0 Å². The van der Waals surface area contributed by atoms with Gasteiger partial charge in [-0.15, -0.1) is 0 Å². The van der Waals surface area contributed by atoms with Crippen molar-refractivity contribution in [2.45, 2.75) is 32.1 Å². The molecule has 2 aromatic rings. The van der Waals surface area contributed by atoms with Gasteiger partial charge in [0.05, 0.1) is 11.1 Å². The summed E-state index contributed by atoms with van der Waals surface area (Å²) in [5.41, 5.74) is 1.56. The minimum absolute atomic E-state index is 0.103. The number of benzene rings is 2. The molecule has 3 atom stereocenters. The number of halogens is 2. The Bertz CT molecular complexity index is 750. The topological polar surface area (TPSA) is 32.7 Å². The van der Waals surface area contributed by atoms with Crippen LogP contribution < -0.4 is 4.74 Å². The molecule has 4 rings (SSSR count). The van der Waals surface area contributed by atoms with Gasteiger partial charge in [0.1, 0.15) is 18.2 Å². The van der Waals surface area contributed by atoms with Crippen molar-refractivity contribution in [3.05, 3.63) is 64.4 Å². The van der Waals surface area contributed by atoms with E-state index in [1.54, 1.807) is 12.1 Å². The molecular weight excluding hydrogens is 353 g/mol. The fourth-order valence-electron chi connectivity index (χ4n) is 4.31. The Labute approximate surface area is 158 Å². The summed E-state index contributed by atoms with van der Waals surface area (Å²) < 4.78 is 19.6. The van der Waals surface area contributed by atoms with Gasteiger partial charge in [0.15, 0.2) is 0 Å². The molecule has 2 aliphatic rings. The Hall–Kier alpha value is -1.62. The van der Waals surface area contributed by atoms with Crippen LogP contribution in [0.25, 0.3) is 0 Å². The summed E-state index contributed by atoms with van der Waals surface area (Å²) in [5, 5.41) is 10.1. The summed E-state index contributed by atoms with van der Waals surface area (Å²) in [5.74, 6) is 1.64. The Morgan fingerprint density at radius 2 is 1.85 bits per heavy atom. The largest absolute Gasteiger partial charge is 0.489 e. The molecule has 1 saturated carbocycles. The van der Waals surface area contributed by atoms with Crippen molar-refractivity contribution < 1.29 is 14.2 Å². The first kappa shape index (κ1) is 17.8. The van der Waals surface area contributed by atoms with E-state index in [1.165, 1.54) is 11.6 Å². The number of hydrogen-bond acceptors (Lipinski definition) is 3. The van der Waals surface area contributed by atoms with E-state index in [9.17, 15) is 9.50 Å². The summed E-state index contributed by atoms with van der Waals surface area (Å²) in [6, 6.07) is 12.6. The Kier molecular flexibility index (Phi) is 5.16. The highest BCUT2D eigenvalue weighted by Crippen LogP contribution is 2.38. The summed E-state index contributed by atoms with van der Waals surface area (Å²) in [4.78, 5) is 2.45. The highest BCUT2D eigenvalue weighted by atomic mass is 35.5. The molecule has 0 aromatic heterocycles. The summed E-state index contributed by atoms with van der Waals surface area (Å²) in [6.07, 6.45) is 1.77. The quantitative estimate of drug-likeness (QED) is 0.847. The molecule has 1 saturated heterocycles.